The van der Waals surface area contributed by atoms with E-state index in [-0.39, 0.29) is 0 Å². The number of rotatable bonds is 4. The van der Waals surface area contributed by atoms with Crippen molar-refractivity contribution in [2.75, 3.05) is 20.3 Å². The largest absolute Gasteiger partial charge is 0.379 e. The molecule has 0 bridgehead atoms. The third-order valence-corrected chi connectivity index (χ3v) is 4.17. The predicted octanol–water partition coefficient (Wildman–Crippen LogP) is 2.54. The first-order valence-electron chi connectivity index (χ1n) is 7.56. The van der Waals surface area contributed by atoms with Crippen LogP contribution in [-0.2, 0) is 11.2 Å². The van der Waals surface area contributed by atoms with E-state index in [0.717, 1.165) is 38.0 Å². The Labute approximate surface area is 120 Å². The van der Waals surface area contributed by atoms with E-state index in [1.165, 1.54) is 11.3 Å². The van der Waals surface area contributed by atoms with Gasteiger partial charge in [-0.3, -0.25) is 0 Å². The highest BCUT2D eigenvalue weighted by Gasteiger charge is 2.28. The maximum atomic E-state index is 5.73. The molecule has 0 saturated carbocycles. The molecule has 1 saturated heterocycles. The second-order valence-electron chi connectivity index (χ2n) is 5.46. The Kier molecular flexibility index (Phi) is 4.03. The average Bonchev–Trinajstić information content (AvgIpc) is 2.85. The number of nitrogens with one attached hydrogen (secondary N) is 1. The van der Waals surface area contributed by atoms with E-state index in [1.54, 1.807) is 0 Å². The molecule has 4 heteroatoms. The summed E-state index contributed by atoms with van der Waals surface area (Å²) in [6.45, 7) is 3.82. The molecule has 1 N–H and O–H groups in total. The van der Waals surface area contributed by atoms with E-state index in [9.17, 15) is 0 Å². The number of likely N-dealkylation sites (N-methyl/N-ethyl adjacent to an activating group) is 1. The molecule has 2 heterocycles. The van der Waals surface area contributed by atoms with E-state index in [0.29, 0.717) is 12.1 Å². The van der Waals surface area contributed by atoms with Gasteiger partial charge in [0, 0.05) is 19.1 Å². The summed E-state index contributed by atoms with van der Waals surface area (Å²) in [5.41, 5.74) is 2.32. The molecule has 1 fully saturated rings. The monoisotopic (exact) mass is 273 g/mol. The van der Waals surface area contributed by atoms with E-state index >= 15 is 0 Å². The van der Waals surface area contributed by atoms with Crippen LogP contribution in [0.15, 0.2) is 24.3 Å². The van der Waals surface area contributed by atoms with E-state index in [2.05, 4.69) is 41.1 Å². The van der Waals surface area contributed by atoms with Gasteiger partial charge in [0.25, 0.3) is 0 Å². The van der Waals surface area contributed by atoms with Crippen LogP contribution in [0.25, 0.3) is 11.0 Å². The second-order valence-corrected chi connectivity index (χ2v) is 5.46. The zero-order chi connectivity index (χ0) is 13.9. The first-order valence-corrected chi connectivity index (χ1v) is 7.56. The van der Waals surface area contributed by atoms with Gasteiger partial charge in [-0.05, 0) is 32.0 Å². The summed E-state index contributed by atoms with van der Waals surface area (Å²) in [4.78, 5) is 4.83. The van der Waals surface area contributed by atoms with E-state index in [1.807, 2.05) is 7.05 Å². The second kappa shape index (κ2) is 5.94. The lowest BCUT2D eigenvalue weighted by molar-refractivity contribution is 0.0394. The number of imidazole rings is 1. The Morgan fingerprint density at radius 1 is 1.40 bits per heavy atom. The molecule has 108 valence electrons. The third kappa shape index (κ3) is 2.34. The fourth-order valence-electron chi connectivity index (χ4n) is 3.18. The standard InChI is InChI=1S/C16H23N3O/c1-3-6-16-18-13-7-4-5-8-14(13)19(16)15-11-20-10-9-12(15)17-2/h4-5,7-8,12,15,17H,3,6,9-11H2,1-2H3. The first-order chi connectivity index (χ1) is 9.85. The van der Waals surface area contributed by atoms with Gasteiger partial charge in [-0.25, -0.2) is 4.98 Å². The minimum atomic E-state index is 0.336. The number of para-hydroxylation sites is 2. The molecule has 1 aromatic heterocycles. The molecule has 1 aliphatic heterocycles. The molecule has 2 atom stereocenters. The van der Waals surface area contributed by atoms with Crippen molar-refractivity contribution in [3.05, 3.63) is 30.1 Å². The van der Waals surface area contributed by atoms with Gasteiger partial charge in [0.1, 0.15) is 5.82 Å². The Balaban J connectivity index is 2.09. The molecule has 2 aromatic rings. The zero-order valence-electron chi connectivity index (χ0n) is 12.3. The van der Waals surface area contributed by atoms with Crippen molar-refractivity contribution in [1.82, 2.24) is 14.9 Å². The summed E-state index contributed by atoms with van der Waals surface area (Å²) >= 11 is 0. The summed E-state index contributed by atoms with van der Waals surface area (Å²) in [5.74, 6) is 1.18. The van der Waals surface area contributed by atoms with Crippen molar-refractivity contribution in [2.45, 2.75) is 38.3 Å². The fraction of sp³-hybridized carbons (Fsp3) is 0.562. The SMILES string of the molecule is CCCc1nc2ccccc2n1C1COCCC1NC. The highest BCUT2D eigenvalue weighted by atomic mass is 16.5. The topological polar surface area (TPSA) is 39.1 Å². The Morgan fingerprint density at radius 3 is 3.05 bits per heavy atom. The molecule has 3 rings (SSSR count). The van der Waals surface area contributed by atoms with Crippen molar-refractivity contribution in [3.8, 4) is 0 Å². The number of aromatic nitrogens is 2. The molecular weight excluding hydrogens is 250 g/mol. The lowest BCUT2D eigenvalue weighted by atomic mass is 10.0. The molecule has 0 spiro atoms. The number of nitrogens with zero attached hydrogens (tertiary/aromatic N) is 2. The fourth-order valence-corrected chi connectivity index (χ4v) is 3.18. The van der Waals surface area contributed by atoms with Crippen LogP contribution in [-0.4, -0.2) is 35.9 Å². The van der Waals surface area contributed by atoms with Crippen LogP contribution in [0.4, 0.5) is 0 Å². The molecule has 0 radical (unpaired) electrons. The minimum absolute atomic E-state index is 0.336. The molecule has 4 nitrogen and oxygen atoms in total. The number of hydrogen-bond acceptors (Lipinski definition) is 3. The minimum Gasteiger partial charge on any atom is -0.379 e. The van der Waals surface area contributed by atoms with Crippen molar-refractivity contribution >= 4 is 11.0 Å². The molecule has 1 aliphatic rings. The third-order valence-electron chi connectivity index (χ3n) is 4.17. The van der Waals surface area contributed by atoms with Crippen LogP contribution < -0.4 is 5.32 Å². The smallest absolute Gasteiger partial charge is 0.110 e. The first kappa shape index (κ1) is 13.6. The summed E-state index contributed by atoms with van der Waals surface area (Å²) in [7, 11) is 2.04. The van der Waals surface area contributed by atoms with Gasteiger partial charge < -0.3 is 14.6 Å². The van der Waals surface area contributed by atoms with Crippen LogP contribution in [0.5, 0.6) is 0 Å². The van der Waals surface area contributed by atoms with Crippen molar-refractivity contribution < 1.29 is 4.74 Å². The number of fused-ring (bicyclic) bond motifs is 1. The van der Waals surface area contributed by atoms with Crippen molar-refractivity contribution in [3.63, 3.8) is 0 Å². The van der Waals surface area contributed by atoms with Crippen molar-refractivity contribution in [2.24, 2.45) is 0 Å². The summed E-state index contributed by atoms with van der Waals surface area (Å²) in [5, 5.41) is 3.45. The Morgan fingerprint density at radius 2 is 2.25 bits per heavy atom. The van der Waals surface area contributed by atoms with Crippen LogP contribution in [0.3, 0.4) is 0 Å². The van der Waals surface area contributed by atoms with Crippen LogP contribution in [0.2, 0.25) is 0 Å². The number of ether oxygens (including phenoxy) is 1. The van der Waals surface area contributed by atoms with Gasteiger partial charge in [0.05, 0.1) is 23.7 Å². The van der Waals surface area contributed by atoms with Gasteiger partial charge in [-0.15, -0.1) is 0 Å². The lowest BCUT2D eigenvalue weighted by Crippen LogP contribution is -2.42. The van der Waals surface area contributed by atoms with Gasteiger partial charge in [-0.1, -0.05) is 19.1 Å². The maximum Gasteiger partial charge on any atom is 0.110 e. The quantitative estimate of drug-likeness (QED) is 0.930. The maximum absolute atomic E-state index is 5.73. The molecule has 0 amide bonds. The normalized spacial score (nSPS) is 23.3. The molecular formula is C16H23N3O. The summed E-state index contributed by atoms with van der Waals surface area (Å²) < 4.78 is 8.13. The predicted molar refractivity (Wildman–Crippen MR) is 81.0 cm³/mol. The lowest BCUT2D eigenvalue weighted by Gasteiger charge is -2.33. The highest BCUT2D eigenvalue weighted by molar-refractivity contribution is 5.76. The van der Waals surface area contributed by atoms with Gasteiger partial charge >= 0.3 is 0 Å². The zero-order valence-corrected chi connectivity index (χ0v) is 12.3. The van der Waals surface area contributed by atoms with Crippen LogP contribution in [0, 0.1) is 0 Å². The molecule has 2 unspecified atom stereocenters. The number of aryl methyl sites for hydroxylation is 1. The number of benzene rings is 1. The van der Waals surface area contributed by atoms with E-state index in [4.69, 9.17) is 9.72 Å². The van der Waals surface area contributed by atoms with E-state index < -0.39 is 0 Å². The van der Waals surface area contributed by atoms with Gasteiger partial charge in [0.2, 0.25) is 0 Å². The average molecular weight is 273 g/mol. The van der Waals surface area contributed by atoms with Crippen LogP contribution >= 0.6 is 0 Å². The van der Waals surface area contributed by atoms with Gasteiger partial charge in [-0.2, -0.15) is 0 Å². The number of hydrogen-bond donors (Lipinski definition) is 1. The highest BCUT2D eigenvalue weighted by Crippen LogP contribution is 2.27. The summed E-state index contributed by atoms with van der Waals surface area (Å²) in [6, 6.07) is 9.21. The Hall–Kier alpha value is -1.39. The van der Waals surface area contributed by atoms with Crippen molar-refractivity contribution in [1.29, 1.82) is 0 Å². The molecule has 0 aliphatic carbocycles. The summed E-state index contributed by atoms with van der Waals surface area (Å²) in [6.07, 6.45) is 3.18. The van der Waals surface area contributed by atoms with Gasteiger partial charge in [0.15, 0.2) is 0 Å². The Bertz CT molecular complexity index is 578. The van der Waals surface area contributed by atoms with Crippen LogP contribution in [0.1, 0.15) is 31.6 Å². The molecule has 20 heavy (non-hydrogen) atoms. The molecule has 1 aromatic carbocycles.